The molecule has 158 valence electrons. The number of amides is 3. The molecule has 1 N–H and O–H groups in total. The number of hydrogen-bond donors (Lipinski definition) is 1. The first kappa shape index (κ1) is 20.0. The van der Waals surface area contributed by atoms with E-state index in [4.69, 9.17) is 0 Å². The molecule has 0 unspecified atom stereocenters. The molecule has 3 aromatic carbocycles. The van der Waals surface area contributed by atoms with Crippen molar-refractivity contribution in [1.29, 1.82) is 0 Å². The molecule has 1 aliphatic heterocycles. The van der Waals surface area contributed by atoms with E-state index in [2.05, 4.69) is 15.5 Å². The molecule has 0 aliphatic carbocycles. The van der Waals surface area contributed by atoms with Crippen molar-refractivity contribution in [3.63, 3.8) is 0 Å². The number of carbonyl (C=O) groups excluding carboxylic acids is 3. The third kappa shape index (κ3) is 3.65. The van der Waals surface area contributed by atoms with Crippen LogP contribution in [0.5, 0.6) is 0 Å². The SMILES string of the molecule is O=C(CCCN1C(=O)c2cccc3cccc(c23)C1=O)Nc1nnc(-c2ccccc2)s1. The van der Waals surface area contributed by atoms with Crippen LogP contribution >= 0.6 is 11.3 Å². The number of anilines is 1. The average molecular weight is 443 g/mol. The number of aromatic nitrogens is 2. The van der Waals surface area contributed by atoms with Gasteiger partial charge in [0.25, 0.3) is 11.8 Å². The lowest BCUT2D eigenvalue weighted by molar-refractivity contribution is -0.116. The topological polar surface area (TPSA) is 92.3 Å². The number of imide groups is 1. The molecule has 7 nitrogen and oxygen atoms in total. The van der Waals surface area contributed by atoms with E-state index in [1.807, 2.05) is 54.6 Å². The van der Waals surface area contributed by atoms with Crippen molar-refractivity contribution in [2.75, 3.05) is 11.9 Å². The molecule has 0 atom stereocenters. The van der Waals surface area contributed by atoms with Gasteiger partial charge in [0.2, 0.25) is 11.0 Å². The minimum Gasteiger partial charge on any atom is -0.301 e. The molecule has 5 rings (SSSR count). The Balaban J connectivity index is 1.21. The monoisotopic (exact) mass is 442 g/mol. The lowest BCUT2D eigenvalue weighted by Gasteiger charge is -2.27. The third-order valence-corrected chi connectivity index (χ3v) is 6.22. The molecule has 0 saturated heterocycles. The van der Waals surface area contributed by atoms with Crippen LogP contribution in [0, 0.1) is 0 Å². The van der Waals surface area contributed by atoms with Crippen molar-refractivity contribution < 1.29 is 14.4 Å². The van der Waals surface area contributed by atoms with Crippen LogP contribution in [0.2, 0.25) is 0 Å². The molecule has 0 fully saturated rings. The predicted octanol–water partition coefficient (Wildman–Crippen LogP) is 4.37. The van der Waals surface area contributed by atoms with E-state index in [0.29, 0.717) is 28.1 Å². The van der Waals surface area contributed by atoms with Gasteiger partial charge in [-0.3, -0.25) is 19.3 Å². The molecule has 1 aliphatic rings. The fourth-order valence-corrected chi connectivity index (χ4v) is 4.60. The quantitative estimate of drug-likeness (QED) is 0.448. The zero-order valence-corrected chi connectivity index (χ0v) is 17.8. The van der Waals surface area contributed by atoms with Crippen LogP contribution in [-0.4, -0.2) is 39.4 Å². The van der Waals surface area contributed by atoms with E-state index >= 15 is 0 Å². The lowest BCUT2D eigenvalue weighted by Crippen LogP contribution is -2.41. The van der Waals surface area contributed by atoms with Crippen LogP contribution in [0.1, 0.15) is 33.6 Å². The standard InChI is InChI=1S/C24H18N4O3S/c29-19(25-24-27-26-21(32-24)16-7-2-1-3-8-16)13-6-14-28-22(30)17-11-4-9-15-10-5-12-18(20(15)17)23(28)31/h1-5,7-12H,6,13-14H2,(H,25,27,29). The Bertz CT molecular complexity index is 1300. The maximum absolute atomic E-state index is 12.9. The van der Waals surface area contributed by atoms with Gasteiger partial charge in [-0.1, -0.05) is 65.9 Å². The second-order valence-corrected chi connectivity index (χ2v) is 8.38. The van der Waals surface area contributed by atoms with Gasteiger partial charge in [0.15, 0.2) is 0 Å². The van der Waals surface area contributed by atoms with Crippen molar-refractivity contribution in [1.82, 2.24) is 15.1 Å². The largest absolute Gasteiger partial charge is 0.301 e. The van der Waals surface area contributed by atoms with Crippen LogP contribution in [-0.2, 0) is 4.79 Å². The van der Waals surface area contributed by atoms with E-state index in [-0.39, 0.29) is 30.7 Å². The highest BCUT2D eigenvalue weighted by Crippen LogP contribution is 2.30. The number of carbonyl (C=O) groups is 3. The summed E-state index contributed by atoms with van der Waals surface area (Å²) in [5.74, 6) is -0.882. The molecule has 0 spiro atoms. The van der Waals surface area contributed by atoms with Gasteiger partial charge in [0, 0.05) is 35.0 Å². The van der Waals surface area contributed by atoms with Gasteiger partial charge in [0.05, 0.1) is 0 Å². The lowest BCUT2D eigenvalue weighted by atomic mass is 9.94. The summed E-state index contributed by atoms with van der Waals surface area (Å²) >= 11 is 1.29. The fraction of sp³-hybridized carbons (Fsp3) is 0.125. The molecule has 32 heavy (non-hydrogen) atoms. The third-order valence-electron chi connectivity index (χ3n) is 5.33. The van der Waals surface area contributed by atoms with Crippen molar-refractivity contribution in [3.05, 3.63) is 77.9 Å². The second kappa shape index (κ2) is 8.32. The number of nitrogens with one attached hydrogen (secondary N) is 1. The summed E-state index contributed by atoms with van der Waals surface area (Å²) in [5.41, 5.74) is 1.97. The molecule has 2 heterocycles. The Hall–Kier alpha value is -3.91. The Labute approximate surface area is 187 Å². The Kier molecular flexibility index (Phi) is 5.20. The van der Waals surface area contributed by atoms with Crippen LogP contribution in [0.15, 0.2) is 66.7 Å². The molecular formula is C24H18N4O3S. The highest BCUT2D eigenvalue weighted by molar-refractivity contribution is 7.18. The van der Waals surface area contributed by atoms with Gasteiger partial charge in [-0.05, 0) is 23.9 Å². The van der Waals surface area contributed by atoms with Crippen LogP contribution in [0.25, 0.3) is 21.3 Å². The Morgan fingerprint density at radius 3 is 2.25 bits per heavy atom. The van der Waals surface area contributed by atoms with E-state index in [0.717, 1.165) is 16.0 Å². The van der Waals surface area contributed by atoms with Crippen molar-refractivity contribution >= 4 is 45.0 Å². The average Bonchev–Trinajstić information content (AvgIpc) is 3.28. The van der Waals surface area contributed by atoms with Gasteiger partial charge < -0.3 is 5.32 Å². The van der Waals surface area contributed by atoms with Gasteiger partial charge >= 0.3 is 0 Å². The maximum atomic E-state index is 12.9. The summed E-state index contributed by atoms with van der Waals surface area (Å²) < 4.78 is 0. The molecule has 0 radical (unpaired) electrons. The van der Waals surface area contributed by atoms with Crippen LogP contribution in [0.4, 0.5) is 5.13 Å². The summed E-state index contributed by atoms with van der Waals surface area (Å²) in [4.78, 5) is 39.4. The fourth-order valence-electron chi connectivity index (χ4n) is 3.83. The van der Waals surface area contributed by atoms with E-state index < -0.39 is 0 Å². The normalized spacial score (nSPS) is 12.9. The van der Waals surface area contributed by atoms with Crippen molar-refractivity contribution in [3.8, 4) is 10.6 Å². The van der Waals surface area contributed by atoms with Crippen LogP contribution in [0.3, 0.4) is 0 Å². The zero-order valence-electron chi connectivity index (χ0n) is 16.9. The molecule has 1 aromatic heterocycles. The first-order valence-electron chi connectivity index (χ1n) is 10.2. The summed E-state index contributed by atoms with van der Waals surface area (Å²) in [6, 6.07) is 20.5. The van der Waals surface area contributed by atoms with Crippen molar-refractivity contribution in [2.45, 2.75) is 12.8 Å². The number of hydrogen-bond acceptors (Lipinski definition) is 6. The first-order valence-corrected chi connectivity index (χ1v) is 11.0. The smallest absolute Gasteiger partial charge is 0.261 e. The maximum Gasteiger partial charge on any atom is 0.261 e. The Morgan fingerprint density at radius 1 is 0.875 bits per heavy atom. The minimum atomic E-state index is -0.323. The molecule has 0 bridgehead atoms. The highest BCUT2D eigenvalue weighted by atomic mass is 32.1. The van der Waals surface area contributed by atoms with Crippen LogP contribution < -0.4 is 5.32 Å². The zero-order chi connectivity index (χ0) is 22.1. The molecule has 8 heteroatoms. The minimum absolute atomic E-state index is 0.156. The summed E-state index contributed by atoms with van der Waals surface area (Å²) in [6.45, 7) is 0.168. The van der Waals surface area contributed by atoms with E-state index in [1.54, 1.807) is 12.1 Å². The highest BCUT2D eigenvalue weighted by Gasteiger charge is 2.32. The van der Waals surface area contributed by atoms with Crippen molar-refractivity contribution in [2.24, 2.45) is 0 Å². The number of nitrogens with zero attached hydrogens (tertiary/aromatic N) is 3. The van der Waals surface area contributed by atoms with Gasteiger partial charge in [-0.2, -0.15) is 0 Å². The summed E-state index contributed by atoms with van der Waals surface area (Å²) in [5, 5.41) is 13.6. The summed E-state index contributed by atoms with van der Waals surface area (Å²) in [7, 11) is 0. The predicted molar refractivity (Wildman–Crippen MR) is 123 cm³/mol. The summed E-state index contributed by atoms with van der Waals surface area (Å²) in [6.07, 6.45) is 0.509. The number of benzene rings is 3. The molecule has 0 saturated carbocycles. The molecule has 3 amide bonds. The molecular weight excluding hydrogens is 424 g/mol. The molecule has 4 aromatic rings. The number of rotatable bonds is 6. The van der Waals surface area contributed by atoms with Gasteiger partial charge in [-0.15, -0.1) is 10.2 Å². The van der Waals surface area contributed by atoms with E-state index in [9.17, 15) is 14.4 Å². The Morgan fingerprint density at radius 2 is 1.56 bits per heavy atom. The van der Waals surface area contributed by atoms with E-state index in [1.165, 1.54) is 16.2 Å². The second-order valence-electron chi connectivity index (χ2n) is 7.40. The van der Waals surface area contributed by atoms with Gasteiger partial charge in [-0.25, -0.2) is 0 Å². The van der Waals surface area contributed by atoms with Gasteiger partial charge in [0.1, 0.15) is 5.01 Å². The first-order chi connectivity index (χ1) is 15.6.